The van der Waals surface area contributed by atoms with Crippen molar-refractivity contribution in [2.24, 2.45) is 0 Å². The molecular formula is C16H11ITe. The van der Waals surface area contributed by atoms with Crippen molar-refractivity contribution in [3.8, 4) is 0 Å². The molecule has 0 saturated heterocycles. The van der Waals surface area contributed by atoms with Gasteiger partial charge in [0.05, 0.1) is 0 Å². The zero-order valence-electron chi connectivity index (χ0n) is 9.64. The van der Waals surface area contributed by atoms with Crippen LogP contribution in [0, 0.1) is 3.57 Å². The Bertz CT molecular complexity index is 672. The van der Waals surface area contributed by atoms with Crippen LogP contribution in [-0.2, 0) is 0 Å². The molecule has 0 aliphatic rings. The first-order valence-electron chi connectivity index (χ1n) is 5.75. The van der Waals surface area contributed by atoms with Gasteiger partial charge < -0.3 is 0 Å². The van der Waals surface area contributed by atoms with Crippen LogP contribution < -0.4 is 7.22 Å². The molecule has 0 amide bonds. The summed E-state index contributed by atoms with van der Waals surface area (Å²) < 4.78 is 4.39. The van der Waals surface area contributed by atoms with E-state index in [0.717, 1.165) is 0 Å². The fourth-order valence-corrected chi connectivity index (χ4v) is 6.26. The maximum absolute atomic E-state index is 2.45. The van der Waals surface area contributed by atoms with Gasteiger partial charge in [0, 0.05) is 0 Å². The van der Waals surface area contributed by atoms with Crippen LogP contribution in [0.3, 0.4) is 0 Å². The average molecular weight is 458 g/mol. The van der Waals surface area contributed by atoms with Gasteiger partial charge in [-0.05, 0) is 0 Å². The van der Waals surface area contributed by atoms with E-state index in [9.17, 15) is 0 Å². The Morgan fingerprint density at radius 2 is 1.44 bits per heavy atom. The number of fused-ring (bicyclic) bond motifs is 1. The van der Waals surface area contributed by atoms with Gasteiger partial charge in [0.2, 0.25) is 0 Å². The molecule has 0 bridgehead atoms. The van der Waals surface area contributed by atoms with Gasteiger partial charge in [-0.1, -0.05) is 0 Å². The number of halogens is 1. The van der Waals surface area contributed by atoms with Crippen molar-refractivity contribution < 1.29 is 0 Å². The zero-order chi connectivity index (χ0) is 12.4. The minimum absolute atomic E-state index is 0.294. The summed E-state index contributed by atoms with van der Waals surface area (Å²) in [6.07, 6.45) is 0. The fraction of sp³-hybridized carbons (Fsp3) is 0. The molecule has 0 aliphatic heterocycles. The SMILES string of the molecule is Ic1cccc2cccc([Te]c3ccccc3)c12. The average Bonchev–Trinajstić information content (AvgIpc) is 2.40. The van der Waals surface area contributed by atoms with Gasteiger partial charge in [0.25, 0.3) is 0 Å². The third-order valence-corrected chi connectivity index (χ3v) is 6.73. The van der Waals surface area contributed by atoms with Gasteiger partial charge in [0.15, 0.2) is 0 Å². The number of rotatable bonds is 2. The molecule has 88 valence electrons. The first kappa shape index (κ1) is 12.5. The Morgan fingerprint density at radius 3 is 2.22 bits per heavy atom. The molecule has 3 rings (SSSR count). The van der Waals surface area contributed by atoms with Crippen molar-refractivity contribution in [1.29, 1.82) is 0 Å². The summed E-state index contributed by atoms with van der Waals surface area (Å²) in [4.78, 5) is 0. The van der Waals surface area contributed by atoms with Crippen LogP contribution >= 0.6 is 22.6 Å². The van der Waals surface area contributed by atoms with Gasteiger partial charge in [0.1, 0.15) is 0 Å². The maximum atomic E-state index is 2.45. The van der Waals surface area contributed by atoms with Crippen LogP contribution in [0.25, 0.3) is 10.8 Å². The van der Waals surface area contributed by atoms with E-state index in [0.29, 0.717) is 0 Å². The summed E-state index contributed by atoms with van der Waals surface area (Å²) in [6.45, 7) is 0. The van der Waals surface area contributed by atoms with Crippen molar-refractivity contribution in [2.75, 3.05) is 0 Å². The van der Waals surface area contributed by atoms with Crippen LogP contribution in [0.15, 0.2) is 66.7 Å². The van der Waals surface area contributed by atoms with Crippen molar-refractivity contribution >= 4 is 61.5 Å². The van der Waals surface area contributed by atoms with Gasteiger partial charge in [-0.25, -0.2) is 0 Å². The molecule has 0 atom stereocenters. The summed E-state index contributed by atoms with van der Waals surface area (Å²) >= 11 is 2.15. The molecule has 0 radical (unpaired) electrons. The van der Waals surface area contributed by atoms with Gasteiger partial charge in [-0.15, -0.1) is 0 Å². The molecule has 18 heavy (non-hydrogen) atoms. The predicted octanol–water partition coefficient (Wildman–Crippen LogP) is 3.10. The fourth-order valence-electron chi connectivity index (χ4n) is 1.96. The van der Waals surface area contributed by atoms with Gasteiger partial charge >= 0.3 is 132 Å². The van der Waals surface area contributed by atoms with E-state index in [1.165, 1.54) is 21.6 Å². The van der Waals surface area contributed by atoms with Crippen molar-refractivity contribution in [3.05, 3.63) is 70.3 Å². The number of hydrogen-bond donors (Lipinski definition) is 0. The van der Waals surface area contributed by atoms with Crippen LogP contribution in [0.1, 0.15) is 0 Å². The van der Waals surface area contributed by atoms with Crippen molar-refractivity contribution in [1.82, 2.24) is 0 Å². The molecular weight excluding hydrogens is 447 g/mol. The topological polar surface area (TPSA) is 0 Å². The summed E-state index contributed by atoms with van der Waals surface area (Å²) in [7, 11) is 0. The van der Waals surface area contributed by atoms with Gasteiger partial charge in [-0.2, -0.15) is 0 Å². The van der Waals surface area contributed by atoms with Crippen LogP contribution in [0.5, 0.6) is 0 Å². The molecule has 0 spiro atoms. The van der Waals surface area contributed by atoms with Crippen molar-refractivity contribution in [3.63, 3.8) is 0 Å². The monoisotopic (exact) mass is 460 g/mol. The van der Waals surface area contributed by atoms with Gasteiger partial charge in [-0.3, -0.25) is 0 Å². The molecule has 0 aliphatic carbocycles. The first-order chi connectivity index (χ1) is 8.84. The summed E-state index contributed by atoms with van der Waals surface area (Å²) in [5, 5.41) is 2.81. The Morgan fingerprint density at radius 1 is 0.722 bits per heavy atom. The van der Waals surface area contributed by atoms with E-state index in [4.69, 9.17) is 0 Å². The summed E-state index contributed by atoms with van der Waals surface area (Å²) in [5.41, 5.74) is 0. The molecule has 0 saturated carbocycles. The van der Waals surface area contributed by atoms with E-state index in [1.54, 1.807) is 0 Å². The molecule has 2 heteroatoms. The second kappa shape index (κ2) is 5.61. The minimum atomic E-state index is -0.294. The van der Waals surface area contributed by atoms with Crippen molar-refractivity contribution in [2.45, 2.75) is 0 Å². The molecule has 0 N–H and O–H groups in total. The third-order valence-electron chi connectivity index (χ3n) is 2.79. The Balaban J connectivity index is 2.12. The molecule has 3 aromatic carbocycles. The van der Waals surface area contributed by atoms with E-state index in [-0.39, 0.29) is 20.9 Å². The molecule has 0 aromatic heterocycles. The second-order valence-corrected chi connectivity index (χ2v) is 8.35. The van der Waals surface area contributed by atoms with E-state index < -0.39 is 0 Å². The Kier molecular flexibility index (Phi) is 3.88. The van der Waals surface area contributed by atoms with Crippen LogP contribution in [0.2, 0.25) is 0 Å². The number of benzene rings is 3. The Labute approximate surface area is 131 Å². The molecule has 0 unspecified atom stereocenters. The zero-order valence-corrected chi connectivity index (χ0v) is 14.1. The molecule has 0 heterocycles. The normalized spacial score (nSPS) is 10.7. The summed E-state index contributed by atoms with van der Waals surface area (Å²) in [5.74, 6) is 0. The predicted molar refractivity (Wildman–Crippen MR) is 88.1 cm³/mol. The van der Waals surface area contributed by atoms with E-state index >= 15 is 0 Å². The molecule has 3 aromatic rings. The third kappa shape index (κ3) is 2.56. The van der Waals surface area contributed by atoms with E-state index in [2.05, 4.69) is 89.3 Å². The standard InChI is InChI=1S/C16H11ITe/c17-14-10-4-6-12-7-5-11-15(16(12)14)18-13-8-2-1-3-9-13/h1-11H. The first-order valence-corrected chi connectivity index (χ1v) is 9.16. The second-order valence-electron chi connectivity index (χ2n) is 4.01. The molecule has 0 fully saturated rings. The van der Waals surface area contributed by atoms with Crippen LogP contribution in [-0.4, -0.2) is 20.9 Å². The molecule has 0 nitrogen and oxygen atoms in total. The van der Waals surface area contributed by atoms with E-state index in [1.807, 2.05) is 0 Å². The summed E-state index contributed by atoms with van der Waals surface area (Å²) in [6, 6.07) is 24.1. The number of hydrogen-bond acceptors (Lipinski definition) is 0. The van der Waals surface area contributed by atoms with Crippen LogP contribution in [0.4, 0.5) is 0 Å². The quantitative estimate of drug-likeness (QED) is 0.410. The Hall–Kier alpha value is -0.560.